The van der Waals surface area contributed by atoms with Gasteiger partial charge in [0.2, 0.25) is 5.69 Å². The molecule has 128 valence electrons. The van der Waals surface area contributed by atoms with E-state index in [1.807, 2.05) is 6.07 Å². The van der Waals surface area contributed by atoms with Gasteiger partial charge in [0.1, 0.15) is 12.8 Å². The normalized spacial score (nSPS) is 21.2. The predicted octanol–water partition coefficient (Wildman–Crippen LogP) is 4.26. The number of ether oxygens (including phenoxy) is 1. The topological polar surface area (TPSA) is 15.5 Å². The third kappa shape index (κ3) is 2.77. The maximum Gasteiger partial charge on any atom is 0.209 e. The molecule has 1 fully saturated rings. The first kappa shape index (κ1) is 16.8. The van der Waals surface area contributed by atoms with E-state index in [-0.39, 0.29) is 5.41 Å². The van der Waals surface area contributed by atoms with Crippen LogP contribution >= 0.6 is 0 Å². The summed E-state index contributed by atoms with van der Waals surface area (Å²) in [5.74, 6) is 0.923. The Labute approximate surface area is 145 Å². The molecule has 0 aliphatic carbocycles. The van der Waals surface area contributed by atoms with Gasteiger partial charge in [0.25, 0.3) is 0 Å². The second-order valence-corrected chi connectivity index (χ2v) is 7.15. The zero-order chi connectivity index (χ0) is 17.3. The fraction of sp³-hybridized carbons (Fsp3) is 0.476. The maximum absolute atomic E-state index is 5.42. The first-order valence-corrected chi connectivity index (χ1v) is 8.91. The van der Waals surface area contributed by atoms with Crippen LogP contribution in [0.5, 0.6) is 5.75 Å². The number of allylic oxidation sites excluding steroid dienone is 4. The first-order chi connectivity index (χ1) is 11.5. The standard InChI is InChI=1S/C21H29N2O/c1-6-23-14-8-10-16(23)9-7-11-20-21(2,3)18-15-17(24-5)12-13-19(18)22(20)4/h7,9,11-13,15H,6,8,10,14H2,1-5H3/q+1. The number of hydrogen-bond donors (Lipinski definition) is 0. The number of benzene rings is 1. The average molecular weight is 325 g/mol. The van der Waals surface area contributed by atoms with E-state index in [9.17, 15) is 0 Å². The Bertz CT molecular complexity index is 725. The Morgan fingerprint density at radius 3 is 2.83 bits per heavy atom. The van der Waals surface area contributed by atoms with Crippen molar-refractivity contribution in [2.75, 3.05) is 27.2 Å². The highest BCUT2D eigenvalue weighted by molar-refractivity contribution is 6.03. The predicted molar refractivity (Wildman–Crippen MR) is 101 cm³/mol. The molecular formula is C21H29N2O+. The molecule has 2 heterocycles. The van der Waals surface area contributed by atoms with Gasteiger partial charge in [-0.2, -0.15) is 4.58 Å². The highest BCUT2D eigenvalue weighted by Crippen LogP contribution is 2.41. The number of methoxy groups -OCH3 is 1. The van der Waals surface area contributed by atoms with E-state index in [0.717, 1.165) is 12.3 Å². The summed E-state index contributed by atoms with van der Waals surface area (Å²) >= 11 is 0. The van der Waals surface area contributed by atoms with Crippen LogP contribution < -0.4 is 4.74 Å². The summed E-state index contributed by atoms with van der Waals surface area (Å²) in [5, 5.41) is 0. The van der Waals surface area contributed by atoms with Gasteiger partial charge in [0.05, 0.1) is 12.5 Å². The van der Waals surface area contributed by atoms with E-state index >= 15 is 0 Å². The molecule has 0 aromatic heterocycles. The molecule has 3 nitrogen and oxygen atoms in total. The second kappa shape index (κ2) is 6.46. The van der Waals surface area contributed by atoms with Gasteiger partial charge in [0.15, 0.2) is 5.71 Å². The van der Waals surface area contributed by atoms with E-state index in [0.29, 0.717) is 0 Å². The van der Waals surface area contributed by atoms with Crippen LogP contribution in [0, 0.1) is 0 Å². The van der Waals surface area contributed by atoms with Gasteiger partial charge in [-0.25, -0.2) is 0 Å². The van der Waals surface area contributed by atoms with E-state index in [1.165, 1.54) is 42.0 Å². The number of fused-ring (bicyclic) bond motifs is 1. The zero-order valence-electron chi connectivity index (χ0n) is 15.6. The van der Waals surface area contributed by atoms with Crippen molar-refractivity contribution < 1.29 is 9.31 Å². The van der Waals surface area contributed by atoms with Gasteiger partial charge in [-0.05, 0) is 51.8 Å². The third-order valence-electron chi connectivity index (χ3n) is 5.43. The fourth-order valence-corrected chi connectivity index (χ4v) is 4.00. The molecule has 0 N–H and O–H groups in total. The van der Waals surface area contributed by atoms with Gasteiger partial charge >= 0.3 is 0 Å². The third-order valence-corrected chi connectivity index (χ3v) is 5.43. The van der Waals surface area contributed by atoms with Crippen LogP contribution in [-0.2, 0) is 5.41 Å². The van der Waals surface area contributed by atoms with E-state index in [2.05, 4.69) is 67.7 Å². The zero-order valence-corrected chi connectivity index (χ0v) is 15.6. The maximum atomic E-state index is 5.42. The minimum absolute atomic E-state index is 0.0201. The Morgan fingerprint density at radius 2 is 2.12 bits per heavy atom. The van der Waals surface area contributed by atoms with Crippen molar-refractivity contribution in [1.82, 2.24) is 4.90 Å². The number of likely N-dealkylation sites (tertiary alicyclic amines) is 1. The molecule has 0 saturated carbocycles. The van der Waals surface area contributed by atoms with Crippen LogP contribution in [0.2, 0.25) is 0 Å². The minimum Gasteiger partial charge on any atom is -0.497 e. The molecule has 2 aliphatic rings. The van der Waals surface area contributed by atoms with Crippen LogP contribution in [0.25, 0.3) is 0 Å². The summed E-state index contributed by atoms with van der Waals surface area (Å²) in [5.41, 5.74) is 5.36. The Hall–Kier alpha value is -2.03. The molecule has 0 radical (unpaired) electrons. The van der Waals surface area contributed by atoms with E-state index in [4.69, 9.17) is 4.74 Å². The van der Waals surface area contributed by atoms with E-state index in [1.54, 1.807) is 7.11 Å². The van der Waals surface area contributed by atoms with Gasteiger partial charge < -0.3 is 9.64 Å². The molecule has 0 unspecified atom stereocenters. The Kier molecular flexibility index (Phi) is 4.53. The van der Waals surface area contributed by atoms with Gasteiger partial charge in [-0.1, -0.05) is 6.08 Å². The van der Waals surface area contributed by atoms with Crippen molar-refractivity contribution in [3.8, 4) is 5.75 Å². The SMILES string of the molecule is CCN1CCCC1=CC=CC1=[N+](C)c2ccc(OC)cc2C1(C)C. The summed E-state index contributed by atoms with van der Waals surface area (Å²) in [7, 11) is 3.88. The second-order valence-electron chi connectivity index (χ2n) is 7.15. The highest BCUT2D eigenvalue weighted by Gasteiger charge is 2.43. The van der Waals surface area contributed by atoms with Crippen LogP contribution in [0.4, 0.5) is 5.69 Å². The van der Waals surface area contributed by atoms with Gasteiger partial charge in [0, 0.05) is 36.5 Å². The molecule has 0 bridgehead atoms. The Balaban J connectivity index is 1.90. The average Bonchev–Trinajstić information content (AvgIpc) is 3.11. The summed E-state index contributed by atoms with van der Waals surface area (Å²) in [6.45, 7) is 9.11. The lowest BCUT2D eigenvalue weighted by molar-refractivity contribution is -0.401. The fourth-order valence-electron chi connectivity index (χ4n) is 4.00. The first-order valence-electron chi connectivity index (χ1n) is 8.91. The summed E-state index contributed by atoms with van der Waals surface area (Å²) in [6, 6.07) is 6.36. The number of hydrogen-bond acceptors (Lipinski definition) is 2. The number of nitrogens with zero attached hydrogens (tertiary/aromatic N) is 2. The molecular weight excluding hydrogens is 296 g/mol. The smallest absolute Gasteiger partial charge is 0.209 e. The van der Waals surface area contributed by atoms with Crippen LogP contribution in [0.15, 0.2) is 42.1 Å². The summed E-state index contributed by atoms with van der Waals surface area (Å²) < 4.78 is 7.72. The highest BCUT2D eigenvalue weighted by atomic mass is 16.5. The van der Waals surface area contributed by atoms with Crippen molar-refractivity contribution >= 4 is 11.4 Å². The molecule has 24 heavy (non-hydrogen) atoms. The van der Waals surface area contributed by atoms with E-state index < -0.39 is 0 Å². The van der Waals surface area contributed by atoms with Gasteiger partial charge in [-0.3, -0.25) is 0 Å². The lowest BCUT2D eigenvalue weighted by Crippen LogP contribution is -2.26. The molecule has 1 saturated heterocycles. The van der Waals surface area contributed by atoms with Crippen molar-refractivity contribution in [2.24, 2.45) is 0 Å². The molecule has 1 aromatic rings. The van der Waals surface area contributed by atoms with Crippen LogP contribution in [0.1, 0.15) is 39.2 Å². The van der Waals surface area contributed by atoms with Crippen molar-refractivity contribution in [2.45, 2.75) is 39.0 Å². The van der Waals surface area contributed by atoms with Crippen LogP contribution in [-0.4, -0.2) is 42.4 Å². The lowest BCUT2D eigenvalue weighted by atomic mass is 9.81. The van der Waals surface area contributed by atoms with Crippen molar-refractivity contribution in [3.05, 3.63) is 47.7 Å². The van der Waals surface area contributed by atoms with Crippen molar-refractivity contribution in [3.63, 3.8) is 0 Å². The molecule has 3 heteroatoms. The lowest BCUT2D eigenvalue weighted by Gasteiger charge is -2.17. The summed E-state index contributed by atoms with van der Waals surface area (Å²) in [4.78, 5) is 2.47. The molecule has 3 rings (SSSR count). The molecule has 2 aliphatic heterocycles. The molecule has 0 spiro atoms. The van der Waals surface area contributed by atoms with Gasteiger partial charge in [-0.15, -0.1) is 0 Å². The summed E-state index contributed by atoms with van der Waals surface area (Å²) in [6.07, 6.45) is 9.26. The van der Waals surface area contributed by atoms with Crippen molar-refractivity contribution in [1.29, 1.82) is 0 Å². The quantitative estimate of drug-likeness (QED) is 0.769. The monoisotopic (exact) mass is 325 g/mol. The number of rotatable bonds is 4. The minimum atomic E-state index is -0.0201. The largest absolute Gasteiger partial charge is 0.497 e. The molecule has 1 aromatic carbocycles. The van der Waals surface area contributed by atoms with Crippen LogP contribution in [0.3, 0.4) is 0 Å². The molecule has 0 atom stereocenters. The Morgan fingerprint density at radius 1 is 1.33 bits per heavy atom. The molecule has 0 amide bonds.